The molecule has 2 aromatic heterocycles. The Hall–Kier alpha value is -2.37. The number of alkyl halides is 3. The highest BCUT2D eigenvalue weighted by molar-refractivity contribution is 9.10. The Morgan fingerprint density at radius 1 is 1.42 bits per heavy atom. The Morgan fingerprint density at radius 2 is 2.08 bits per heavy atom. The number of anilines is 1. The third kappa shape index (κ3) is 3.45. The van der Waals surface area contributed by atoms with E-state index in [1.54, 1.807) is 0 Å². The SMILES string of the molecule is Cn1ncc(NC(=O)Cn2nc(C(F)(F)F)c(Br)c2C2CC2)c1C(N)=O. The van der Waals surface area contributed by atoms with E-state index >= 15 is 0 Å². The number of primary amides is 1. The minimum Gasteiger partial charge on any atom is -0.364 e. The van der Waals surface area contributed by atoms with Gasteiger partial charge in [-0.15, -0.1) is 0 Å². The van der Waals surface area contributed by atoms with E-state index < -0.39 is 30.2 Å². The Balaban J connectivity index is 1.85. The van der Waals surface area contributed by atoms with Gasteiger partial charge in [-0.25, -0.2) is 0 Å². The van der Waals surface area contributed by atoms with Crippen molar-refractivity contribution >= 4 is 33.4 Å². The van der Waals surface area contributed by atoms with Crippen molar-refractivity contribution in [2.24, 2.45) is 12.8 Å². The van der Waals surface area contributed by atoms with Crippen molar-refractivity contribution in [2.45, 2.75) is 31.5 Å². The normalized spacial score (nSPS) is 14.5. The smallest absolute Gasteiger partial charge is 0.364 e. The van der Waals surface area contributed by atoms with Crippen LogP contribution in [-0.2, 0) is 24.6 Å². The molecule has 140 valence electrons. The molecule has 0 atom stereocenters. The largest absolute Gasteiger partial charge is 0.436 e. The summed E-state index contributed by atoms with van der Waals surface area (Å²) in [6, 6.07) is 0. The number of hydrogen-bond acceptors (Lipinski definition) is 4. The number of nitrogens with one attached hydrogen (secondary N) is 1. The fourth-order valence-corrected chi connectivity index (χ4v) is 3.48. The van der Waals surface area contributed by atoms with E-state index in [0.717, 1.165) is 17.5 Å². The molecular weight excluding hydrogens is 421 g/mol. The van der Waals surface area contributed by atoms with Crippen molar-refractivity contribution in [3.63, 3.8) is 0 Å². The quantitative estimate of drug-likeness (QED) is 0.749. The molecule has 3 N–H and O–H groups in total. The van der Waals surface area contributed by atoms with E-state index in [-0.39, 0.29) is 21.8 Å². The van der Waals surface area contributed by atoms with E-state index in [2.05, 4.69) is 31.4 Å². The molecule has 0 spiro atoms. The van der Waals surface area contributed by atoms with Crippen molar-refractivity contribution in [1.82, 2.24) is 19.6 Å². The molecular formula is C14H14BrF3N6O2. The van der Waals surface area contributed by atoms with E-state index in [1.165, 1.54) is 17.9 Å². The van der Waals surface area contributed by atoms with Crippen LogP contribution in [0.1, 0.15) is 40.6 Å². The van der Waals surface area contributed by atoms with Crippen molar-refractivity contribution in [3.8, 4) is 0 Å². The second-order valence-corrected chi connectivity index (χ2v) is 6.71. The van der Waals surface area contributed by atoms with Gasteiger partial charge in [0.1, 0.15) is 12.2 Å². The maximum atomic E-state index is 13.1. The molecule has 12 heteroatoms. The van der Waals surface area contributed by atoms with Crippen LogP contribution in [0.3, 0.4) is 0 Å². The van der Waals surface area contributed by atoms with E-state index in [1.807, 2.05) is 0 Å². The summed E-state index contributed by atoms with van der Waals surface area (Å²) in [5.41, 5.74) is 4.58. The summed E-state index contributed by atoms with van der Waals surface area (Å²) in [6.07, 6.45) is -1.93. The third-order valence-electron chi connectivity index (χ3n) is 3.90. The number of hydrogen-bond donors (Lipinski definition) is 2. The number of carbonyl (C=O) groups is 2. The van der Waals surface area contributed by atoms with Crippen LogP contribution in [0.15, 0.2) is 10.7 Å². The molecule has 0 bridgehead atoms. The van der Waals surface area contributed by atoms with Crippen molar-refractivity contribution in [1.29, 1.82) is 0 Å². The molecule has 0 unspecified atom stereocenters. The molecule has 2 aromatic rings. The van der Waals surface area contributed by atoms with Gasteiger partial charge in [-0.3, -0.25) is 19.0 Å². The van der Waals surface area contributed by atoms with Gasteiger partial charge in [0.2, 0.25) is 5.91 Å². The molecule has 26 heavy (non-hydrogen) atoms. The van der Waals surface area contributed by atoms with Gasteiger partial charge in [-0.05, 0) is 28.8 Å². The number of aryl methyl sites for hydroxylation is 1. The summed E-state index contributed by atoms with van der Waals surface area (Å²) >= 11 is 2.96. The van der Waals surface area contributed by atoms with Crippen LogP contribution in [0.25, 0.3) is 0 Å². The molecule has 0 aromatic carbocycles. The second kappa shape index (κ2) is 6.41. The molecule has 1 saturated carbocycles. The van der Waals surface area contributed by atoms with Crippen molar-refractivity contribution in [3.05, 3.63) is 27.8 Å². The highest BCUT2D eigenvalue weighted by Gasteiger charge is 2.42. The van der Waals surface area contributed by atoms with Crippen LogP contribution in [-0.4, -0.2) is 31.4 Å². The van der Waals surface area contributed by atoms with E-state index in [0.29, 0.717) is 5.69 Å². The third-order valence-corrected chi connectivity index (χ3v) is 4.69. The summed E-state index contributed by atoms with van der Waals surface area (Å²) in [5.74, 6) is -1.51. The first-order valence-electron chi connectivity index (χ1n) is 7.54. The van der Waals surface area contributed by atoms with Gasteiger partial charge < -0.3 is 11.1 Å². The number of rotatable bonds is 5. The lowest BCUT2D eigenvalue weighted by atomic mass is 10.2. The lowest BCUT2D eigenvalue weighted by Gasteiger charge is -2.08. The first-order valence-corrected chi connectivity index (χ1v) is 8.34. The number of nitrogens with two attached hydrogens (primary N) is 1. The fraction of sp³-hybridized carbons (Fsp3) is 0.429. The summed E-state index contributed by atoms with van der Waals surface area (Å²) in [6.45, 7) is -0.437. The maximum Gasteiger partial charge on any atom is 0.436 e. The molecule has 3 rings (SSSR count). The number of halogens is 4. The van der Waals surface area contributed by atoms with Gasteiger partial charge in [0.25, 0.3) is 5.91 Å². The van der Waals surface area contributed by atoms with E-state index in [4.69, 9.17) is 5.73 Å². The van der Waals surface area contributed by atoms with Crippen LogP contribution in [0.4, 0.5) is 18.9 Å². The molecule has 0 aliphatic heterocycles. The second-order valence-electron chi connectivity index (χ2n) is 5.92. The molecule has 1 fully saturated rings. The summed E-state index contributed by atoms with van der Waals surface area (Å²) in [4.78, 5) is 23.7. The monoisotopic (exact) mass is 434 g/mol. The van der Waals surface area contributed by atoms with Crippen LogP contribution < -0.4 is 11.1 Å². The molecule has 2 amide bonds. The van der Waals surface area contributed by atoms with Crippen molar-refractivity contribution < 1.29 is 22.8 Å². The number of aromatic nitrogens is 4. The molecule has 1 aliphatic rings. The molecule has 0 saturated heterocycles. The predicted octanol–water partition coefficient (Wildman–Crippen LogP) is 2.01. The zero-order valence-electron chi connectivity index (χ0n) is 13.5. The predicted molar refractivity (Wildman–Crippen MR) is 87.3 cm³/mol. The zero-order valence-corrected chi connectivity index (χ0v) is 15.1. The average molecular weight is 435 g/mol. The highest BCUT2D eigenvalue weighted by atomic mass is 79.9. The van der Waals surface area contributed by atoms with Gasteiger partial charge in [0, 0.05) is 13.0 Å². The van der Waals surface area contributed by atoms with Crippen molar-refractivity contribution in [2.75, 3.05) is 5.32 Å². The van der Waals surface area contributed by atoms with Gasteiger partial charge >= 0.3 is 6.18 Å². The minimum absolute atomic E-state index is 0.0154. The lowest BCUT2D eigenvalue weighted by molar-refractivity contribution is -0.142. The number of nitrogens with zero attached hydrogens (tertiary/aromatic N) is 4. The first-order chi connectivity index (χ1) is 12.1. The van der Waals surface area contributed by atoms with Gasteiger partial charge in [0.05, 0.1) is 22.1 Å². The average Bonchev–Trinajstić information content (AvgIpc) is 3.19. The summed E-state index contributed by atoms with van der Waals surface area (Å²) in [5, 5.41) is 9.82. The van der Waals surface area contributed by atoms with Crippen LogP contribution in [0.2, 0.25) is 0 Å². The fourth-order valence-electron chi connectivity index (χ4n) is 2.65. The standard InChI is InChI=1S/C14H14BrF3N6O2/c1-23-11(13(19)26)7(4-20-23)21-8(25)5-24-10(6-2-3-6)9(15)12(22-24)14(16,17)18/h4,6H,2-3,5H2,1H3,(H2,19,26)(H,21,25). The first kappa shape index (κ1) is 18.4. The molecule has 0 radical (unpaired) electrons. The van der Waals surface area contributed by atoms with Gasteiger partial charge in [0.15, 0.2) is 5.69 Å². The Kier molecular flexibility index (Phi) is 4.54. The van der Waals surface area contributed by atoms with E-state index in [9.17, 15) is 22.8 Å². The van der Waals surface area contributed by atoms with Crippen LogP contribution in [0.5, 0.6) is 0 Å². The lowest BCUT2D eigenvalue weighted by Crippen LogP contribution is -2.24. The van der Waals surface area contributed by atoms with Gasteiger partial charge in [-0.2, -0.15) is 23.4 Å². The molecule has 1 aliphatic carbocycles. The topological polar surface area (TPSA) is 108 Å². The minimum atomic E-state index is -4.63. The molecule has 8 nitrogen and oxygen atoms in total. The molecule has 2 heterocycles. The Morgan fingerprint density at radius 3 is 2.62 bits per heavy atom. The Bertz CT molecular complexity index is 884. The van der Waals surface area contributed by atoms with Gasteiger partial charge in [-0.1, -0.05) is 0 Å². The summed E-state index contributed by atoms with van der Waals surface area (Å²) < 4.78 is 41.4. The highest BCUT2D eigenvalue weighted by Crippen LogP contribution is 2.46. The zero-order chi connectivity index (χ0) is 19.2. The summed E-state index contributed by atoms with van der Waals surface area (Å²) in [7, 11) is 1.47. The van der Waals surface area contributed by atoms with Crippen LogP contribution in [0, 0.1) is 0 Å². The number of carbonyl (C=O) groups excluding carboxylic acids is 2. The van der Waals surface area contributed by atoms with Crippen LogP contribution >= 0.6 is 15.9 Å². The number of amides is 2. The Labute approximate surface area is 153 Å². The maximum absolute atomic E-state index is 13.1.